The molecule has 1 heterocycles. The van der Waals surface area contributed by atoms with Gasteiger partial charge in [0.1, 0.15) is 5.78 Å². The van der Waals surface area contributed by atoms with Crippen LogP contribution in [0.2, 0.25) is 0 Å². The van der Waals surface area contributed by atoms with Crippen LogP contribution in [-0.2, 0) is 4.79 Å². The minimum Gasteiger partial charge on any atom is -0.300 e. The van der Waals surface area contributed by atoms with Crippen molar-refractivity contribution >= 4 is 17.6 Å². The highest BCUT2D eigenvalue weighted by molar-refractivity contribution is 6.21. The number of ketones is 1. The summed E-state index contributed by atoms with van der Waals surface area (Å²) in [6.07, 6.45) is 2.72. The van der Waals surface area contributed by atoms with Gasteiger partial charge in [-0.15, -0.1) is 0 Å². The van der Waals surface area contributed by atoms with Crippen LogP contribution < -0.4 is 0 Å². The maximum atomic E-state index is 12.2. The maximum absolute atomic E-state index is 12.2. The lowest BCUT2D eigenvalue weighted by molar-refractivity contribution is -0.121. The van der Waals surface area contributed by atoms with Gasteiger partial charge in [0.2, 0.25) is 0 Å². The van der Waals surface area contributed by atoms with E-state index in [9.17, 15) is 14.4 Å². The molecule has 2 amide bonds. The number of benzene rings is 1. The van der Waals surface area contributed by atoms with Gasteiger partial charge in [-0.2, -0.15) is 0 Å². The average molecular weight is 257 g/mol. The van der Waals surface area contributed by atoms with Crippen LogP contribution in [0.3, 0.4) is 0 Å². The number of carbonyl (C=O) groups is 3. The SMILES string of the molecule is O=C1CCC(CN2C(=O)c3ccccc3C2=O)CC1. The maximum Gasteiger partial charge on any atom is 0.261 e. The van der Waals surface area contributed by atoms with E-state index >= 15 is 0 Å². The first-order valence-corrected chi connectivity index (χ1v) is 6.64. The molecular weight excluding hydrogens is 242 g/mol. The molecule has 1 aromatic carbocycles. The molecule has 3 rings (SSSR count). The monoisotopic (exact) mass is 257 g/mol. The zero-order valence-electron chi connectivity index (χ0n) is 10.6. The van der Waals surface area contributed by atoms with Gasteiger partial charge in [-0.05, 0) is 30.9 Å². The van der Waals surface area contributed by atoms with Crippen molar-refractivity contribution in [2.24, 2.45) is 5.92 Å². The lowest BCUT2D eigenvalue weighted by Crippen LogP contribution is -2.35. The summed E-state index contributed by atoms with van der Waals surface area (Å²) in [5.74, 6) is 0.161. The second-order valence-corrected chi connectivity index (χ2v) is 5.25. The van der Waals surface area contributed by atoms with Crippen molar-refractivity contribution in [2.45, 2.75) is 25.7 Å². The van der Waals surface area contributed by atoms with Gasteiger partial charge in [0.15, 0.2) is 0 Å². The van der Waals surface area contributed by atoms with Crippen molar-refractivity contribution in [3.8, 4) is 0 Å². The third-order valence-electron chi connectivity index (χ3n) is 3.98. The third-order valence-corrected chi connectivity index (χ3v) is 3.98. The van der Waals surface area contributed by atoms with Crippen molar-refractivity contribution in [1.82, 2.24) is 4.90 Å². The molecule has 2 aliphatic rings. The summed E-state index contributed by atoms with van der Waals surface area (Å²) in [5, 5.41) is 0. The molecule has 0 saturated heterocycles. The predicted octanol–water partition coefficient (Wildman–Crippen LogP) is 2.04. The van der Waals surface area contributed by atoms with Crippen LogP contribution in [0.4, 0.5) is 0 Å². The second kappa shape index (κ2) is 4.61. The van der Waals surface area contributed by atoms with E-state index in [0.717, 1.165) is 12.8 Å². The molecule has 0 N–H and O–H groups in total. The number of hydrogen-bond acceptors (Lipinski definition) is 3. The van der Waals surface area contributed by atoms with Gasteiger partial charge in [0.25, 0.3) is 11.8 Å². The summed E-state index contributed by atoms with van der Waals surface area (Å²) in [6, 6.07) is 6.93. The molecule has 4 heteroatoms. The molecule has 1 aliphatic carbocycles. The van der Waals surface area contributed by atoms with Gasteiger partial charge in [-0.25, -0.2) is 0 Å². The lowest BCUT2D eigenvalue weighted by atomic mass is 9.88. The Balaban J connectivity index is 1.75. The molecule has 4 nitrogen and oxygen atoms in total. The van der Waals surface area contributed by atoms with E-state index in [1.165, 1.54) is 4.90 Å². The molecule has 1 aliphatic heterocycles. The van der Waals surface area contributed by atoms with Gasteiger partial charge in [0, 0.05) is 19.4 Å². The van der Waals surface area contributed by atoms with Gasteiger partial charge in [0.05, 0.1) is 11.1 Å². The molecule has 0 spiro atoms. The summed E-state index contributed by atoms with van der Waals surface area (Å²) in [6.45, 7) is 0.444. The van der Waals surface area contributed by atoms with E-state index in [1.807, 2.05) is 0 Å². The van der Waals surface area contributed by atoms with Crippen LogP contribution in [0.15, 0.2) is 24.3 Å². The number of carbonyl (C=O) groups excluding carboxylic acids is 3. The van der Waals surface area contributed by atoms with E-state index in [2.05, 4.69) is 0 Å². The van der Waals surface area contributed by atoms with Crippen molar-refractivity contribution in [2.75, 3.05) is 6.54 Å². The van der Waals surface area contributed by atoms with Gasteiger partial charge in [-0.3, -0.25) is 19.3 Å². The van der Waals surface area contributed by atoms with Crippen LogP contribution in [0.5, 0.6) is 0 Å². The Kier molecular flexibility index (Phi) is 2.93. The normalized spacial score (nSPS) is 20.0. The first-order chi connectivity index (χ1) is 9.16. The molecule has 0 aromatic heterocycles. The largest absolute Gasteiger partial charge is 0.300 e. The standard InChI is InChI=1S/C15H15NO3/c17-11-7-5-10(6-8-11)9-16-14(18)12-3-1-2-4-13(12)15(16)19/h1-4,10H,5-9H2. The van der Waals surface area contributed by atoms with Gasteiger partial charge in [-0.1, -0.05) is 12.1 Å². The number of hydrogen-bond donors (Lipinski definition) is 0. The number of imide groups is 1. The van der Waals surface area contributed by atoms with Crippen molar-refractivity contribution in [3.05, 3.63) is 35.4 Å². The molecule has 19 heavy (non-hydrogen) atoms. The molecule has 0 radical (unpaired) electrons. The zero-order valence-corrected chi connectivity index (χ0v) is 10.6. The summed E-state index contributed by atoms with van der Waals surface area (Å²) in [5.41, 5.74) is 0.999. The fourth-order valence-electron chi connectivity index (χ4n) is 2.85. The van der Waals surface area contributed by atoms with Crippen LogP contribution >= 0.6 is 0 Å². The minimum absolute atomic E-state index is 0.197. The fourth-order valence-corrected chi connectivity index (χ4v) is 2.85. The molecule has 1 fully saturated rings. The highest BCUT2D eigenvalue weighted by atomic mass is 16.2. The predicted molar refractivity (Wildman–Crippen MR) is 68.8 cm³/mol. The topological polar surface area (TPSA) is 54.5 Å². The van der Waals surface area contributed by atoms with Crippen molar-refractivity contribution in [3.63, 3.8) is 0 Å². The molecule has 1 saturated carbocycles. The van der Waals surface area contributed by atoms with Crippen LogP contribution in [-0.4, -0.2) is 29.0 Å². The van der Waals surface area contributed by atoms with E-state index in [0.29, 0.717) is 36.3 Å². The van der Waals surface area contributed by atoms with E-state index in [-0.39, 0.29) is 17.7 Å². The van der Waals surface area contributed by atoms with E-state index < -0.39 is 0 Å². The Morgan fingerprint density at radius 3 is 2.00 bits per heavy atom. The fraction of sp³-hybridized carbons (Fsp3) is 0.400. The Morgan fingerprint density at radius 2 is 1.47 bits per heavy atom. The van der Waals surface area contributed by atoms with E-state index in [1.54, 1.807) is 24.3 Å². The molecule has 0 unspecified atom stereocenters. The Bertz CT molecular complexity index is 519. The van der Waals surface area contributed by atoms with Crippen LogP contribution in [0.25, 0.3) is 0 Å². The Hall–Kier alpha value is -1.97. The first kappa shape index (κ1) is 12.1. The lowest BCUT2D eigenvalue weighted by Gasteiger charge is -2.25. The van der Waals surface area contributed by atoms with Crippen molar-refractivity contribution < 1.29 is 14.4 Å². The second-order valence-electron chi connectivity index (χ2n) is 5.25. The number of amides is 2. The summed E-state index contributed by atoms with van der Waals surface area (Å²) < 4.78 is 0. The van der Waals surface area contributed by atoms with E-state index in [4.69, 9.17) is 0 Å². The van der Waals surface area contributed by atoms with Gasteiger partial charge >= 0.3 is 0 Å². The highest BCUT2D eigenvalue weighted by Gasteiger charge is 2.36. The summed E-state index contributed by atoms with van der Waals surface area (Å²) >= 11 is 0. The first-order valence-electron chi connectivity index (χ1n) is 6.64. The quantitative estimate of drug-likeness (QED) is 0.762. The molecule has 0 atom stereocenters. The van der Waals surface area contributed by atoms with Crippen LogP contribution in [0.1, 0.15) is 46.4 Å². The zero-order chi connectivity index (χ0) is 13.4. The smallest absolute Gasteiger partial charge is 0.261 e. The summed E-state index contributed by atoms with van der Waals surface area (Å²) in [7, 11) is 0. The average Bonchev–Trinajstić information content (AvgIpc) is 2.67. The van der Waals surface area contributed by atoms with Crippen LogP contribution in [0, 0.1) is 5.92 Å². The molecular formula is C15H15NO3. The Morgan fingerprint density at radius 1 is 0.947 bits per heavy atom. The van der Waals surface area contributed by atoms with Crippen molar-refractivity contribution in [1.29, 1.82) is 0 Å². The summed E-state index contributed by atoms with van der Waals surface area (Å²) in [4.78, 5) is 36.9. The third kappa shape index (κ3) is 2.07. The molecule has 0 bridgehead atoms. The number of nitrogens with zero attached hydrogens (tertiary/aromatic N) is 1. The molecule has 98 valence electrons. The Labute approximate surface area is 111 Å². The minimum atomic E-state index is -0.197. The van der Waals surface area contributed by atoms with Gasteiger partial charge < -0.3 is 0 Å². The molecule has 1 aromatic rings. The number of rotatable bonds is 2. The number of Topliss-reactive ketones (excluding diaryl/α,β-unsaturated/α-hetero) is 1. The highest BCUT2D eigenvalue weighted by Crippen LogP contribution is 2.27. The number of fused-ring (bicyclic) bond motifs is 1.